The van der Waals surface area contributed by atoms with Crippen molar-refractivity contribution < 1.29 is 4.79 Å². The Labute approximate surface area is 120 Å². The van der Waals surface area contributed by atoms with Gasteiger partial charge in [0.2, 0.25) is 0 Å². The molecule has 0 aliphatic rings. The zero-order valence-electron chi connectivity index (χ0n) is 9.32. The minimum atomic E-state index is -0.300. The van der Waals surface area contributed by atoms with Crippen molar-refractivity contribution in [1.82, 2.24) is 14.5 Å². The van der Waals surface area contributed by atoms with Crippen molar-refractivity contribution in [2.24, 2.45) is 7.05 Å². The number of aryl methyl sites for hydroxylation is 1. The third kappa shape index (κ3) is 2.70. The van der Waals surface area contributed by atoms with Crippen LogP contribution in [-0.4, -0.2) is 20.4 Å². The summed E-state index contributed by atoms with van der Waals surface area (Å²) in [6.45, 7) is 0. The standard InChI is InChI=1S/C10H9Br2N5O/c1-17-4-5(13)2-6(17)10(18)16-9-8(12)15-7(11)3-14-9/h2-4H,13H2,1H3,(H,14,16,18). The summed E-state index contributed by atoms with van der Waals surface area (Å²) in [5.74, 6) is 0.0505. The highest BCUT2D eigenvalue weighted by atomic mass is 79.9. The van der Waals surface area contributed by atoms with Gasteiger partial charge in [-0.15, -0.1) is 0 Å². The van der Waals surface area contributed by atoms with E-state index in [2.05, 4.69) is 47.1 Å². The monoisotopic (exact) mass is 373 g/mol. The summed E-state index contributed by atoms with van der Waals surface area (Å²) in [4.78, 5) is 20.1. The van der Waals surface area contributed by atoms with E-state index in [-0.39, 0.29) is 5.91 Å². The number of nitrogens with zero attached hydrogens (tertiary/aromatic N) is 3. The van der Waals surface area contributed by atoms with Crippen LogP contribution in [0.3, 0.4) is 0 Å². The van der Waals surface area contributed by atoms with Crippen molar-refractivity contribution in [3.05, 3.63) is 33.4 Å². The molecule has 0 bridgehead atoms. The van der Waals surface area contributed by atoms with Crippen molar-refractivity contribution in [2.45, 2.75) is 0 Å². The van der Waals surface area contributed by atoms with Crippen molar-refractivity contribution in [3.8, 4) is 0 Å². The molecular weight excluding hydrogens is 366 g/mol. The molecule has 0 spiro atoms. The number of nitrogens with one attached hydrogen (secondary N) is 1. The smallest absolute Gasteiger partial charge is 0.273 e. The normalized spacial score (nSPS) is 10.4. The molecular formula is C10H9Br2N5O. The fourth-order valence-corrected chi connectivity index (χ4v) is 2.33. The lowest BCUT2D eigenvalue weighted by molar-refractivity contribution is 0.101. The SMILES string of the molecule is Cn1cc(N)cc1C(=O)Nc1ncc(Br)nc1Br. The molecule has 94 valence electrons. The highest BCUT2D eigenvalue weighted by molar-refractivity contribution is 9.11. The van der Waals surface area contributed by atoms with Crippen LogP contribution in [0.15, 0.2) is 27.7 Å². The molecule has 2 aromatic rings. The maximum Gasteiger partial charge on any atom is 0.273 e. The molecule has 0 atom stereocenters. The third-order valence-electron chi connectivity index (χ3n) is 2.19. The van der Waals surface area contributed by atoms with Gasteiger partial charge in [0, 0.05) is 13.2 Å². The van der Waals surface area contributed by atoms with Crippen molar-refractivity contribution in [1.29, 1.82) is 0 Å². The Kier molecular flexibility index (Phi) is 3.67. The first-order chi connectivity index (χ1) is 8.47. The van der Waals surface area contributed by atoms with Gasteiger partial charge in [-0.05, 0) is 37.9 Å². The van der Waals surface area contributed by atoms with Gasteiger partial charge >= 0.3 is 0 Å². The Balaban J connectivity index is 2.24. The third-order valence-corrected chi connectivity index (χ3v) is 3.13. The predicted octanol–water partition coefficient (Wildman–Crippen LogP) is 2.17. The Morgan fingerprint density at radius 1 is 1.50 bits per heavy atom. The molecule has 1 amide bonds. The van der Waals surface area contributed by atoms with E-state index in [4.69, 9.17) is 5.73 Å². The summed E-state index contributed by atoms with van der Waals surface area (Å²) in [5, 5.41) is 2.65. The summed E-state index contributed by atoms with van der Waals surface area (Å²) < 4.78 is 2.67. The lowest BCUT2D eigenvalue weighted by Crippen LogP contribution is -2.16. The molecule has 0 radical (unpaired) electrons. The summed E-state index contributed by atoms with van der Waals surface area (Å²) >= 11 is 6.41. The second-order valence-corrected chi connectivity index (χ2v) is 5.12. The largest absolute Gasteiger partial charge is 0.397 e. The molecule has 0 aliphatic carbocycles. The lowest BCUT2D eigenvalue weighted by atomic mass is 10.4. The van der Waals surface area contributed by atoms with Gasteiger partial charge in [0.15, 0.2) is 5.82 Å². The zero-order valence-corrected chi connectivity index (χ0v) is 12.5. The predicted molar refractivity (Wildman–Crippen MR) is 75.2 cm³/mol. The molecule has 3 N–H and O–H groups in total. The molecule has 2 aromatic heterocycles. The number of anilines is 2. The first kappa shape index (κ1) is 13.0. The molecule has 0 saturated carbocycles. The molecule has 18 heavy (non-hydrogen) atoms. The van der Waals surface area contributed by atoms with Crippen LogP contribution in [0.4, 0.5) is 11.5 Å². The van der Waals surface area contributed by atoms with E-state index >= 15 is 0 Å². The minimum Gasteiger partial charge on any atom is -0.397 e. The Morgan fingerprint density at radius 2 is 2.22 bits per heavy atom. The molecule has 2 rings (SSSR count). The molecule has 0 aliphatic heterocycles. The van der Waals surface area contributed by atoms with Crippen LogP contribution in [0.1, 0.15) is 10.5 Å². The van der Waals surface area contributed by atoms with Crippen LogP contribution < -0.4 is 11.1 Å². The number of aromatic nitrogens is 3. The van der Waals surface area contributed by atoms with Gasteiger partial charge in [0.25, 0.3) is 5.91 Å². The fourth-order valence-electron chi connectivity index (χ4n) is 1.42. The lowest BCUT2D eigenvalue weighted by Gasteiger charge is -2.06. The molecule has 0 saturated heterocycles. The second-order valence-electron chi connectivity index (χ2n) is 3.56. The average molecular weight is 375 g/mol. The zero-order chi connectivity index (χ0) is 13.3. The van der Waals surface area contributed by atoms with Gasteiger partial charge in [-0.1, -0.05) is 0 Å². The number of halogens is 2. The minimum absolute atomic E-state index is 0.300. The van der Waals surface area contributed by atoms with E-state index in [0.717, 1.165) is 0 Å². The topological polar surface area (TPSA) is 85.8 Å². The van der Waals surface area contributed by atoms with Crippen LogP contribution in [0.2, 0.25) is 0 Å². The van der Waals surface area contributed by atoms with Crippen molar-refractivity contribution in [3.63, 3.8) is 0 Å². The van der Waals surface area contributed by atoms with Crippen LogP contribution in [0, 0.1) is 0 Å². The number of hydrogen-bond donors (Lipinski definition) is 2. The molecule has 0 unspecified atom stereocenters. The highest BCUT2D eigenvalue weighted by Crippen LogP contribution is 2.20. The first-order valence-corrected chi connectivity index (χ1v) is 6.47. The van der Waals surface area contributed by atoms with Crippen molar-refractivity contribution in [2.75, 3.05) is 11.1 Å². The quantitative estimate of drug-likeness (QED) is 0.843. The number of carbonyl (C=O) groups excluding carboxylic acids is 1. The van der Waals surface area contributed by atoms with E-state index < -0.39 is 0 Å². The number of carbonyl (C=O) groups is 1. The highest BCUT2D eigenvalue weighted by Gasteiger charge is 2.14. The molecule has 2 heterocycles. The summed E-state index contributed by atoms with van der Waals surface area (Å²) in [6, 6.07) is 1.59. The molecule has 0 aromatic carbocycles. The van der Waals surface area contributed by atoms with Crippen LogP contribution in [0.25, 0.3) is 0 Å². The number of nitrogen functional groups attached to an aromatic ring is 1. The van der Waals surface area contributed by atoms with E-state index in [0.29, 0.717) is 26.4 Å². The van der Waals surface area contributed by atoms with Gasteiger partial charge in [0.05, 0.1) is 11.9 Å². The Bertz CT molecular complexity index is 610. The van der Waals surface area contributed by atoms with Crippen LogP contribution in [0.5, 0.6) is 0 Å². The Morgan fingerprint density at radius 3 is 2.78 bits per heavy atom. The van der Waals surface area contributed by atoms with Crippen LogP contribution in [-0.2, 0) is 7.05 Å². The van der Waals surface area contributed by atoms with Gasteiger partial charge in [-0.25, -0.2) is 9.97 Å². The summed E-state index contributed by atoms with van der Waals surface area (Å²) in [5.41, 5.74) is 6.60. The van der Waals surface area contributed by atoms with Crippen molar-refractivity contribution >= 4 is 49.3 Å². The Hall–Kier alpha value is -1.41. The van der Waals surface area contributed by atoms with E-state index in [1.165, 1.54) is 6.20 Å². The van der Waals surface area contributed by atoms with Crippen LogP contribution >= 0.6 is 31.9 Å². The van der Waals surface area contributed by atoms with E-state index in [9.17, 15) is 4.79 Å². The maximum absolute atomic E-state index is 12.0. The number of rotatable bonds is 2. The number of nitrogens with two attached hydrogens (primary N) is 1. The number of hydrogen-bond acceptors (Lipinski definition) is 4. The van der Waals surface area contributed by atoms with Gasteiger partial charge in [-0.2, -0.15) is 0 Å². The molecule has 6 nitrogen and oxygen atoms in total. The van der Waals surface area contributed by atoms with Gasteiger partial charge in [-0.3, -0.25) is 4.79 Å². The van der Waals surface area contributed by atoms with E-state index in [1.807, 2.05) is 0 Å². The maximum atomic E-state index is 12.0. The molecule has 0 fully saturated rings. The summed E-state index contributed by atoms with van der Waals surface area (Å²) in [7, 11) is 1.74. The summed E-state index contributed by atoms with van der Waals surface area (Å²) in [6.07, 6.45) is 3.16. The molecule has 8 heteroatoms. The van der Waals surface area contributed by atoms with E-state index in [1.54, 1.807) is 23.9 Å². The van der Waals surface area contributed by atoms with Gasteiger partial charge in [0.1, 0.15) is 14.9 Å². The number of amides is 1. The average Bonchev–Trinajstić information content (AvgIpc) is 2.62. The fraction of sp³-hybridized carbons (Fsp3) is 0.100. The second kappa shape index (κ2) is 5.07. The first-order valence-electron chi connectivity index (χ1n) is 4.88. The van der Waals surface area contributed by atoms with Gasteiger partial charge < -0.3 is 15.6 Å².